The van der Waals surface area contributed by atoms with E-state index in [0.717, 1.165) is 5.56 Å². The van der Waals surface area contributed by atoms with Crippen LogP contribution in [-0.2, 0) is 16.6 Å². The number of carbonyl (C=O) groups excluding carboxylic acids is 2. The molecule has 0 bridgehead atoms. The molecule has 2 aromatic carbocycles. The highest BCUT2D eigenvalue weighted by Gasteiger charge is 2.25. The van der Waals surface area contributed by atoms with Gasteiger partial charge in [0.2, 0.25) is 10.0 Å². The highest BCUT2D eigenvalue weighted by atomic mass is 32.2. The van der Waals surface area contributed by atoms with Gasteiger partial charge in [0, 0.05) is 38.3 Å². The number of anilines is 1. The molecule has 0 atom stereocenters. The van der Waals surface area contributed by atoms with E-state index < -0.39 is 15.9 Å². The molecule has 0 saturated carbocycles. The second kappa shape index (κ2) is 9.38. The lowest BCUT2D eigenvalue weighted by Crippen LogP contribution is -2.48. The number of carbonyl (C=O) groups is 2. The fraction of sp³-hybridized carbons (Fsp3) is 0.333. The molecule has 1 heterocycles. The van der Waals surface area contributed by atoms with Crippen molar-refractivity contribution in [1.82, 2.24) is 9.21 Å². The van der Waals surface area contributed by atoms with E-state index in [2.05, 4.69) is 10.2 Å². The number of benzene rings is 2. The van der Waals surface area contributed by atoms with Crippen LogP contribution in [0.1, 0.15) is 33.2 Å². The van der Waals surface area contributed by atoms with E-state index in [0.29, 0.717) is 44.0 Å². The van der Waals surface area contributed by atoms with E-state index in [1.54, 1.807) is 43.3 Å². The standard InChI is InChI=1S/C21H26N4O4S/c1-2-30(28,29)25-12-10-24(11-13-25)15-16-6-5-7-17(14-16)21(27)23-19-9-4-3-8-18(19)20(22)26/h3-9,14H,2,10-13,15H2,1H3,(H2,22,26)(H,23,27). The van der Waals surface area contributed by atoms with Crippen molar-refractivity contribution >= 4 is 27.5 Å². The van der Waals surface area contributed by atoms with Gasteiger partial charge in [0.15, 0.2) is 0 Å². The molecule has 1 aliphatic rings. The molecule has 0 radical (unpaired) electrons. The van der Waals surface area contributed by atoms with Crippen LogP contribution in [0.25, 0.3) is 0 Å². The highest BCUT2D eigenvalue weighted by Crippen LogP contribution is 2.17. The van der Waals surface area contributed by atoms with Gasteiger partial charge in [-0.25, -0.2) is 8.42 Å². The lowest BCUT2D eigenvalue weighted by molar-refractivity contribution is 0.100. The quantitative estimate of drug-likeness (QED) is 0.691. The van der Waals surface area contributed by atoms with Crippen LogP contribution in [0.4, 0.5) is 5.69 Å². The summed E-state index contributed by atoms with van der Waals surface area (Å²) in [7, 11) is -3.15. The predicted molar refractivity (Wildman–Crippen MR) is 116 cm³/mol. The Balaban J connectivity index is 1.64. The van der Waals surface area contributed by atoms with Crippen molar-refractivity contribution in [3.8, 4) is 0 Å². The van der Waals surface area contributed by atoms with Gasteiger partial charge >= 0.3 is 0 Å². The zero-order valence-electron chi connectivity index (χ0n) is 16.9. The third kappa shape index (κ3) is 5.24. The first-order chi connectivity index (χ1) is 14.3. The van der Waals surface area contributed by atoms with Gasteiger partial charge in [-0.3, -0.25) is 14.5 Å². The van der Waals surface area contributed by atoms with Gasteiger partial charge < -0.3 is 11.1 Å². The predicted octanol–water partition coefficient (Wildman–Crippen LogP) is 1.51. The Kier molecular flexibility index (Phi) is 6.86. The maximum Gasteiger partial charge on any atom is 0.255 e. The molecule has 2 amide bonds. The largest absolute Gasteiger partial charge is 0.366 e. The summed E-state index contributed by atoms with van der Waals surface area (Å²) in [5.41, 5.74) is 7.41. The van der Waals surface area contributed by atoms with Crippen molar-refractivity contribution in [2.45, 2.75) is 13.5 Å². The SMILES string of the molecule is CCS(=O)(=O)N1CCN(Cc2cccc(C(=O)Nc3ccccc3C(N)=O)c2)CC1. The van der Waals surface area contributed by atoms with Crippen LogP contribution in [0.2, 0.25) is 0 Å². The topological polar surface area (TPSA) is 113 Å². The maximum atomic E-state index is 12.7. The van der Waals surface area contributed by atoms with Crippen molar-refractivity contribution in [2.75, 3.05) is 37.2 Å². The molecule has 3 rings (SSSR count). The summed E-state index contributed by atoms with van der Waals surface area (Å²) >= 11 is 0. The van der Waals surface area contributed by atoms with Crippen molar-refractivity contribution < 1.29 is 18.0 Å². The molecular formula is C21H26N4O4S. The number of sulfonamides is 1. The minimum absolute atomic E-state index is 0.114. The number of hydrogen-bond acceptors (Lipinski definition) is 5. The zero-order valence-corrected chi connectivity index (χ0v) is 17.7. The van der Waals surface area contributed by atoms with E-state index >= 15 is 0 Å². The first kappa shape index (κ1) is 21.9. The monoisotopic (exact) mass is 430 g/mol. The summed E-state index contributed by atoms with van der Waals surface area (Å²) in [5, 5.41) is 2.74. The number of hydrogen-bond donors (Lipinski definition) is 2. The molecule has 0 aromatic heterocycles. The van der Waals surface area contributed by atoms with Gasteiger partial charge in [0.1, 0.15) is 0 Å². The van der Waals surface area contributed by atoms with Crippen LogP contribution in [-0.4, -0.2) is 61.4 Å². The van der Waals surface area contributed by atoms with Crippen LogP contribution in [0.3, 0.4) is 0 Å². The third-order valence-electron chi connectivity index (χ3n) is 5.13. The summed E-state index contributed by atoms with van der Waals surface area (Å²) in [5.74, 6) is -0.823. The van der Waals surface area contributed by atoms with E-state index in [4.69, 9.17) is 5.73 Å². The first-order valence-electron chi connectivity index (χ1n) is 9.79. The Bertz CT molecular complexity index is 1030. The lowest BCUT2D eigenvalue weighted by Gasteiger charge is -2.33. The number of piperazine rings is 1. The molecule has 0 aliphatic carbocycles. The van der Waals surface area contributed by atoms with Crippen molar-refractivity contribution in [2.24, 2.45) is 5.73 Å². The Morgan fingerprint density at radius 2 is 1.73 bits per heavy atom. The zero-order chi connectivity index (χ0) is 21.7. The number of nitrogens with one attached hydrogen (secondary N) is 1. The number of primary amides is 1. The molecule has 3 N–H and O–H groups in total. The van der Waals surface area contributed by atoms with E-state index in [1.165, 1.54) is 4.31 Å². The van der Waals surface area contributed by atoms with Gasteiger partial charge in [-0.15, -0.1) is 0 Å². The number of para-hydroxylation sites is 1. The van der Waals surface area contributed by atoms with Gasteiger partial charge in [0.05, 0.1) is 17.0 Å². The van der Waals surface area contributed by atoms with Crippen molar-refractivity contribution in [1.29, 1.82) is 0 Å². The molecule has 2 aromatic rings. The Morgan fingerprint density at radius 3 is 2.40 bits per heavy atom. The molecule has 8 nitrogen and oxygen atoms in total. The molecule has 9 heteroatoms. The summed E-state index contributed by atoms with van der Waals surface area (Å²) in [6.07, 6.45) is 0. The summed E-state index contributed by atoms with van der Waals surface area (Å²) in [6.45, 7) is 4.50. The molecular weight excluding hydrogens is 404 g/mol. The summed E-state index contributed by atoms with van der Waals surface area (Å²) < 4.78 is 25.5. The number of nitrogens with two attached hydrogens (primary N) is 1. The van der Waals surface area contributed by atoms with Gasteiger partial charge in [0.25, 0.3) is 11.8 Å². The van der Waals surface area contributed by atoms with Crippen LogP contribution in [0.5, 0.6) is 0 Å². The Morgan fingerprint density at radius 1 is 1.03 bits per heavy atom. The third-order valence-corrected chi connectivity index (χ3v) is 7.01. The smallest absolute Gasteiger partial charge is 0.255 e. The number of rotatable bonds is 7. The average molecular weight is 431 g/mol. The minimum Gasteiger partial charge on any atom is -0.366 e. The minimum atomic E-state index is -3.15. The summed E-state index contributed by atoms with van der Waals surface area (Å²) in [6, 6.07) is 13.8. The van der Waals surface area contributed by atoms with Crippen molar-refractivity contribution in [3.05, 3.63) is 65.2 Å². The van der Waals surface area contributed by atoms with Crippen LogP contribution >= 0.6 is 0 Å². The molecule has 30 heavy (non-hydrogen) atoms. The highest BCUT2D eigenvalue weighted by molar-refractivity contribution is 7.89. The fourth-order valence-electron chi connectivity index (χ4n) is 3.42. The van der Waals surface area contributed by atoms with Gasteiger partial charge in [-0.1, -0.05) is 24.3 Å². The molecule has 1 aliphatic heterocycles. The van der Waals surface area contributed by atoms with Gasteiger partial charge in [-0.05, 0) is 36.8 Å². The second-order valence-corrected chi connectivity index (χ2v) is 9.40. The molecule has 1 fully saturated rings. The molecule has 160 valence electrons. The maximum absolute atomic E-state index is 12.7. The fourth-order valence-corrected chi connectivity index (χ4v) is 4.50. The Labute approximate surface area is 176 Å². The second-order valence-electron chi connectivity index (χ2n) is 7.14. The molecule has 0 unspecified atom stereocenters. The number of nitrogens with zero attached hydrogens (tertiary/aromatic N) is 2. The van der Waals surface area contributed by atoms with E-state index in [9.17, 15) is 18.0 Å². The molecule has 0 spiro atoms. The normalized spacial score (nSPS) is 15.6. The molecule has 1 saturated heterocycles. The summed E-state index contributed by atoms with van der Waals surface area (Å²) in [4.78, 5) is 26.4. The lowest BCUT2D eigenvalue weighted by atomic mass is 10.1. The van der Waals surface area contributed by atoms with Crippen LogP contribution in [0, 0.1) is 0 Å². The van der Waals surface area contributed by atoms with Gasteiger partial charge in [-0.2, -0.15) is 4.31 Å². The Hall–Kier alpha value is -2.75. The van der Waals surface area contributed by atoms with E-state index in [-0.39, 0.29) is 17.2 Å². The first-order valence-corrected chi connectivity index (χ1v) is 11.4. The van der Waals surface area contributed by atoms with Crippen LogP contribution < -0.4 is 11.1 Å². The van der Waals surface area contributed by atoms with Crippen molar-refractivity contribution in [3.63, 3.8) is 0 Å². The van der Waals surface area contributed by atoms with E-state index in [1.807, 2.05) is 12.1 Å². The average Bonchev–Trinajstić information content (AvgIpc) is 2.74. The number of amides is 2. The van der Waals surface area contributed by atoms with Crippen LogP contribution in [0.15, 0.2) is 48.5 Å².